The number of rotatable bonds is 5. The largest absolute Gasteiger partial charge is 0.494 e. The standard InChI is InChI=1S/C23H21N3O3/c1-2-29-20-9-7-19(8-10-20)25-22(27)17-13-18(15-24-14-17)23(28)26-12-11-16-5-3-4-6-21(16)26/h3-10,13-15H,2,11-12H2,1H3,(H,25,27). The first kappa shape index (κ1) is 18.7. The molecule has 0 aliphatic carbocycles. The lowest BCUT2D eigenvalue weighted by atomic mass is 10.1. The summed E-state index contributed by atoms with van der Waals surface area (Å²) in [5, 5.41) is 2.82. The molecular formula is C23H21N3O3. The van der Waals surface area contributed by atoms with Crippen LogP contribution in [0.2, 0.25) is 0 Å². The van der Waals surface area contributed by atoms with Gasteiger partial charge in [0.2, 0.25) is 0 Å². The lowest BCUT2D eigenvalue weighted by Gasteiger charge is -2.17. The van der Waals surface area contributed by atoms with E-state index in [0.717, 1.165) is 23.4 Å². The maximum Gasteiger partial charge on any atom is 0.259 e. The minimum atomic E-state index is -0.321. The Balaban J connectivity index is 1.50. The molecule has 2 heterocycles. The molecule has 0 saturated heterocycles. The van der Waals surface area contributed by atoms with Gasteiger partial charge in [-0.15, -0.1) is 0 Å². The average molecular weight is 387 g/mol. The van der Waals surface area contributed by atoms with Gasteiger partial charge in [-0.2, -0.15) is 0 Å². The number of para-hydroxylation sites is 1. The van der Waals surface area contributed by atoms with Gasteiger partial charge in [0.15, 0.2) is 0 Å². The Morgan fingerprint density at radius 3 is 2.62 bits per heavy atom. The molecular weight excluding hydrogens is 366 g/mol. The summed E-state index contributed by atoms with van der Waals surface area (Å²) in [4.78, 5) is 31.4. The Hall–Kier alpha value is -3.67. The average Bonchev–Trinajstić information content (AvgIpc) is 3.19. The van der Waals surface area contributed by atoms with Crippen LogP contribution in [0.5, 0.6) is 5.75 Å². The number of nitrogens with one attached hydrogen (secondary N) is 1. The van der Waals surface area contributed by atoms with Crippen molar-refractivity contribution in [2.45, 2.75) is 13.3 Å². The summed E-state index contributed by atoms with van der Waals surface area (Å²) in [6, 6.07) is 16.6. The van der Waals surface area contributed by atoms with Crippen molar-refractivity contribution in [3.8, 4) is 5.75 Å². The van der Waals surface area contributed by atoms with Crippen molar-refractivity contribution in [1.82, 2.24) is 4.98 Å². The second-order valence-corrected chi connectivity index (χ2v) is 6.71. The van der Waals surface area contributed by atoms with Crippen LogP contribution in [0.4, 0.5) is 11.4 Å². The van der Waals surface area contributed by atoms with E-state index in [-0.39, 0.29) is 11.8 Å². The summed E-state index contributed by atoms with van der Waals surface area (Å²) in [5.74, 6) is 0.266. The van der Waals surface area contributed by atoms with Crippen molar-refractivity contribution in [1.29, 1.82) is 0 Å². The zero-order valence-corrected chi connectivity index (χ0v) is 16.1. The van der Waals surface area contributed by atoms with Crippen LogP contribution in [0.3, 0.4) is 0 Å². The highest BCUT2D eigenvalue weighted by molar-refractivity contribution is 6.10. The zero-order chi connectivity index (χ0) is 20.2. The third-order valence-electron chi connectivity index (χ3n) is 4.80. The van der Waals surface area contributed by atoms with Crippen molar-refractivity contribution in [2.24, 2.45) is 0 Å². The fraction of sp³-hybridized carbons (Fsp3) is 0.174. The van der Waals surface area contributed by atoms with Crippen LogP contribution in [0, 0.1) is 0 Å². The normalized spacial score (nSPS) is 12.4. The Morgan fingerprint density at radius 1 is 1.07 bits per heavy atom. The molecule has 1 N–H and O–H groups in total. The number of aromatic nitrogens is 1. The Bertz CT molecular complexity index is 1050. The Kier molecular flexibility index (Phi) is 5.24. The number of pyridine rings is 1. The zero-order valence-electron chi connectivity index (χ0n) is 16.1. The minimum Gasteiger partial charge on any atom is -0.494 e. The van der Waals surface area contributed by atoms with E-state index < -0.39 is 0 Å². The van der Waals surface area contributed by atoms with Crippen LogP contribution in [-0.4, -0.2) is 29.9 Å². The van der Waals surface area contributed by atoms with Gasteiger partial charge in [0.1, 0.15) is 5.75 Å². The van der Waals surface area contributed by atoms with Gasteiger partial charge in [0, 0.05) is 30.3 Å². The number of nitrogens with zero attached hydrogens (tertiary/aromatic N) is 2. The predicted molar refractivity (Wildman–Crippen MR) is 112 cm³/mol. The number of carbonyl (C=O) groups is 2. The molecule has 1 aliphatic heterocycles. The quantitative estimate of drug-likeness (QED) is 0.720. The number of hydrogen-bond acceptors (Lipinski definition) is 4. The van der Waals surface area contributed by atoms with Crippen molar-refractivity contribution in [3.05, 3.63) is 83.7 Å². The SMILES string of the molecule is CCOc1ccc(NC(=O)c2cncc(C(=O)N3CCc4ccccc43)c2)cc1. The molecule has 0 unspecified atom stereocenters. The maximum atomic E-state index is 13.0. The second-order valence-electron chi connectivity index (χ2n) is 6.71. The summed E-state index contributed by atoms with van der Waals surface area (Å²) in [6.45, 7) is 3.12. The van der Waals surface area contributed by atoms with Crippen LogP contribution in [-0.2, 0) is 6.42 Å². The first-order valence-corrected chi connectivity index (χ1v) is 9.54. The highest BCUT2D eigenvalue weighted by atomic mass is 16.5. The van der Waals surface area contributed by atoms with Gasteiger partial charge < -0.3 is 15.0 Å². The first-order valence-electron chi connectivity index (χ1n) is 9.54. The summed E-state index contributed by atoms with van der Waals surface area (Å²) < 4.78 is 5.40. The molecule has 6 nitrogen and oxygen atoms in total. The number of benzene rings is 2. The van der Waals surface area contributed by atoms with Crippen LogP contribution < -0.4 is 15.0 Å². The smallest absolute Gasteiger partial charge is 0.259 e. The molecule has 0 fully saturated rings. The molecule has 4 rings (SSSR count). The second kappa shape index (κ2) is 8.14. The van der Waals surface area contributed by atoms with Gasteiger partial charge in [-0.05, 0) is 55.3 Å². The molecule has 0 saturated carbocycles. The third kappa shape index (κ3) is 3.96. The molecule has 0 spiro atoms. The van der Waals surface area contributed by atoms with Gasteiger partial charge in [-0.3, -0.25) is 14.6 Å². The Labute approximate surface area is 169 Å². The van der Waals surface area contributed by atoms with Crippen LogP contribution in [0.15, 0.2) is 67.0 Å². The number of amides is 2. The number of fused-ring (bicyclic) bond motifs is 1. The van der Waals surface area contributed by atoms with E-state index in [9.17, 15) is 9.59 Å². The summed E-state index contributed by atoms with van der Waals surface area (Å²) in [5.41, 5.74) is 3.43. The topological polar surface area (TPSA) is 71.5 Å². The van der Waals surface area contributed by atoms with E-state index in [1.54, 1.807) is 35.2 Å². The molecule has 0 bridgehead atoms. The molecule has 29 heavy (non-hydrogen) atoms. The first-order chi connectivity index (χ1) is 14.2. The summed E-state index contributed by atoms with van der Waals surface area (Å²) in [7, 11) is 0. The number of anilines is 2. The van der Waals surface area contributed by atoms with Crippen molar-refractivity contribution >= 4 is 23.2 Å². The Morgan fingerprint density at radius 2 is 1.83 bits per heavy atom. The molecule has 2 amide bonds. The lowest BCUT2D eigenvalue weighted by molar-refractivity contribution is 0.0989. The van der Waals surface area contributed by atoms with E-state index in [0.29, 0.717) is 30.0 Å². The van der Waals surface area contributed by atoms with Gasteiger partial charge in [-0.25, -0.2) is 0 Å². The fourth-order valence-electron chi connectivity index (χ4n) is 3.39. The highest BCUT2D eigenvalue weighted by Gasteiger charge is 2.25. The molecule has 1 aromatic heterocycles. The van der Waals surface area contributed by atoms with Crippen molar-refractivity contribution < 1.29 is 14.3 Å². The molecule has 0 radical (unpaired) electrons. The summed E-state index contributed by atoms with van der Waals surface area (Å²) >= 11 is 0. The highest BCUT2D eigenvalue weighted by Crippen LogP contribution is 2.28. The van der Waals surface area contributed by atoms with Crippen molar-refractivity contribution in [3.63, 3.8) is 0 Å². The van der Waals surface area contributed by atoms with E-state index >= 15 is 0 Å². The van der Waals surface area contributed by atoms with Gasteiger partial charge in [0.05, 0.1) is 17.7 Å². The monoisotopic (exact) mass is 387 g/mol. The van der Waals surface area contributed by atoms with E-state index in [4.69, 9.17) is 4.74 Å². The molecule has 1 aliphatic rings. The van der Waals surface area contributed by atoms with Crippen LogP contribution in [0.1, 0.15) is 33.2 Å². The van der Waals surface area contributed by atoms with Gasteiger partial charge >= 0.3 is 0 Å². The van der Waals surface area contributed by atoms with Gasteiger partial charge in [0.25, 0.3) is 11.8 Å². The fourth-order valence-corrected chi connectivity index (χ4v) is 3.39. The number of carbonyl (C=O) groups excluding carboxylic acids is 2. The summed E-state index contributed by atoms with van der Waals surface area (Å²) in [6.07, 6.45) is 3.78. The maximum absolute atomic E-state index is 13.0. The van der Waals surface area contributed by atoms with Crippen molar-refractivity contribution in [2.75, 3.05) is 23.4 Å². The third-order valence-corrected chi connectivity index (χ3v) is 4.80. The molecule has 2 aromatic carbocycles. The minimum absolute atomic E-state index is 0.154. The van der Waals surface area contributed by atoms with Crippen LogP contribution >= 0.6 is 0 Å². The van der Waals surface area contributed by atoms with Crippen LogP contribution in [0.25, 0.3) is 0 Å². The van der Waals surface area contributed by atoms with E-state index in [1.165, 1.54) is 12.4 Å². The lowest BCUT2D eigenvalue weighted by Crippen LogP contribution is -2.29. The van der Waals surface area contributed by atoms with E-state index in [2.05, 4.69) is 10.3 Å². The number of hydrogen-bond donors (Lipinski definition) is 1. The molecule has 3 aromatic rings. The number of ether oxygens (including phenoxy) is 1. The molecule has 146 valence electrons. The molecule has 6 heteroatoms. The predicted octanol–water partition coefficient (Wildman–Crippen LogP) is 3.94. The van der Waals surface area contributed by atoms with Gasteiger partial charge in [-0.1, -0.05) is 18.2 Å². The molecule has 0 atom stereocenters. The van der Waals surface area contributed by atoms with E-state index in [1.807, 2.05) is 31.2 Å².